The number of carboxylic acid groups (broad SMARTS) is 1. The fraction of sp³-hybridized carbons (Fsp3) is 0.435. The van der Waals surface area contributed by atoms with Crippen LogP contribution < -0.4 is 0 Å². The highest BCUT2D eigenvalue weighted by Crippen LogP contribution is 2.32. The van der Waals surface area contributed by atoms with Gasteiger partial charge < -0.3 is 9.84 Å². The summed E-state index contributed by atoms with van der Waals surface area (Å²) >= 11 is 0. The van der Waals surface area contributed by atoms with E-state index in [1.165, 1.54) is 29.5 Å². The quantitative estimate of drug-likeness (QED) is 0.374. The third-order valence-corrected chi connectivity index (χ3v) is 4.88. The fourth-order valence-corrected chi connectivity index (χ4v) is 3.52. The molecular weight excluding hydrogens is 324 g/mol. The SMILES string of the molecule is CCc1ccccc1C(CCCCCCCOC(=O)O)c1ccccc1. The molecule has 0 aromatic heterocycles. The molecule has 140 valence electrons. The third kappa shape index (κ3) is 6.55. The molecule has 1 atom stereocenters. The zero-order chi connectivity index (χ0) is 18.6. The highest BCUT2D eigenvalue weighted by atomic mass is 16.7. The van der Waals surface area contributed by atoms with E-state index in [9.17, 15) is 4.79 Å². The van der Waals surface area contributed by atoms with Crippen LogP contribution in [0.1, 0.15) is 68.1 Å². The Morgan fingerprint density at radius 1 is 0.923 bits per heavy atom. The van der Waals surface area contributed by atoms with Crippen LogP contribution in [0.4, 0.5) is 4.79 Å². The van der Waals surface area contributed by atoms with Gasteiger partial charge in [0.05, 0.1) is 6.61 Å². The predicted octanol–water partition coefficient (Wildman–Crippen LogP) is 6.42. The van der Waals surface area contributed by atoms with Gasteiger partial charge >= 0.3 is 6.16 Å². The summed E-state index contributed by atoms with van der Waals surface area (Å²) in [5.74, 6) is 0.447. The van der Waals surface area contributed by atoms with Gasteiger partial charge in [0, 0.05) is 5.92 Å². The molecule has 2 aromatic rings. The van der Waals surface area contributed by atoms with Crippen molar-refractivity contribution in [2.75, 3.05) is 6.61 Å². The molecule has 0 aliphatic heterocycles. The number of unbranched alkanes of at least 4 members (excludes halogenated alkanes) is 4. The van der Waals surface area contributed by atoms with Gasteiger partial charge in [-0.15, -0.1) is 0 Å². The first-order valence-corrected chi connectivity index (χ1v) is 9.70. The van der Waals surface area contributed by atoms with Crippen LogP contribution in [0.15, 0.2) is 54.6 Å². The monoisotopic (exact) mass is 354 g/mol. The van der Waals surface area contributed by atoms with Gasteiger partial charge in [-0.05, 0) is 36.0 Å². The van der Waals surface area contributed by atoms with Crippen molar-refractivity contribution in [3.05, 3.63) is 71.3 Å². The highest BCUT2D eigenvalue weighted by molar-refractivity contribution is 5.56. The van der Waals surface area contributed by atoms with Gasteiger partial charge in [0.2, 0.25) is 0 Å². The average molecular weight is 354 g/mol. The maximum atomic E-state index is 10.3. The Bertz CT molecular complexity index is 652. The van der Waals surface area contributed by atoms with Crippen molar-refractivity contribution >= 4 is 6.16 Å². The molecule has 0 saturated carbocycles. The number of carbonyl (C=O) groups is 1. The van der Waals surface area contributed by atoms with Crippen molar-refractivity contribution in [3.63, 3.8) is 0 Å². The topological polar surface area (TPSA) is 46.5 Å². The molecule has 0 amide bonds. The van der Waals surface area contributed by atoms with Gasteiger partial charge in [0.25, 0.3) is 0 Å². The standard InChI is InChI=1S/C23H30O3/c1-2-19-13-10-11-17-21(19)22(20-14-7-6-8-15-20)16-9-4-3-5-12-18-26-23(24)25/h6-8,10-11,13-15,17,22H,2-5,9,12,16,18H2,1H3,(H,24,25). The molecule has 2 rings (SSSR count). The second-order valence-electron chi connectivity index (χ2n) is 6.69. The summed E-state index contributed by atoms with van der Waals surface area (Å²) in [6.07, 6.45) is 6.34. The lowest BCUT2D eigenvalue weighted by atomic mass is 9.84. The van der Waals surface area contributed by atoms with Gasteiger partial charge in [-0.1, -0.05) is 87.2 Å². The molecule has 0 bridgehead atoms. The number of aryl methyl sites for hydroxylation is 1. The number of hydrogen-bond acceptors (Lipinski definition) is 2. The zero-order valence-electron chi connectivity index (χ0n) is 15.7. The van der Waals surface area contributed by atoms with Crippen LogP contribution in [-0.4, -0.2) is 17.9 Å². The molecule has 0 radical (unpaired) electrons. The first-order chi connectivity index (χ1) is 12.7. The lowest BCUT2D eigenvalue weighted by Crippen LogP contribution is -2.05. The Kier molecular flexibility index (Phi) is 8.74. The lowest BCUT2D eigenvalue weighted by molar-refractivity contribution is 0.0899. The molecule has 3 nitrogen and oxygen atoms in total. The van der Waals surface area contributed by atoms with Crippen LogP contribution in [0, 0.1) is 0 Å². The van der Waals surface area contributed by atoms with E-state index >= 15 is 0 Å². The van der Waals surface area contributed by atoms with Crippen molar-refractivity contribution in [1.29, 1.82) is 0 Å². The average Bonchev–Trinajstić information content (AvgIpc) is 2.67. The van der Waals surface area contributed by atoms with Gasteiger partial charge in [0.1, 0.15) is 0 Å². The molecule has 0 aliphatic rings. The van der Waals surface area contributed by atoms with Crippen LogP contribution in [-0.2, 0) is 11.2 Å². The van der Waals surface area contributed by atoms with E-state index in [1.807, 2.05) is 0 Å². The molecule has 26 heavy (non-hydrogen) atoms. The number of rotatable bonds is 11. The molecule has 0 spiro atoms. The number of benzene rings is 2. The molecule has 0 fully saturated rings. The van der Waals surface area contributed by atoms with E-state index < -0.39 is 6.16 Å². The van der Waals surface area contributed by atoms with Crippen molar-refractivity contribution in [2.45, 2.75) is 57.8 Å². The maximum absolute atomic E-state index is 10.3. The van der Waals surface area contributed by atoms with E-state index in [0.717, 1.165) is 32.1 Å². The number of hydrogen-bond donors (Lipinski definition) is 1. The molecule has 1 unspecified atom stereocenters. The van der Waals surface area contributed by atoms with Crippen LogP contribution in [0.2, 0.25) is 0 Å². The van der Waals surface area contributed by atoms with Gasteiger partial charge in [-0.3, -0.25) is 0 Å². The van der Waals surface area contributed by atoms with E-state index in [2.05, 4.69) is 66.3 Å². The molecule has 2 aromatic carbocycles. The van der Waals surface area contributed by atoms with Crippen molar-refractivity contribution in [2.24, 2.45) is 0 Å². The second kappa shape index (κ2) is 11.3. The Morgan fingerprint density at radius 3 is 2.31 bits per heavy atom. The Balaban J connectivity index is 1.89. The summed E-state index contributed by atoms with van der Waals surface area (Å²) in [6, 6.07) is 19.6. The van der Waals surface area contributed by atoms with Crippen LogP contribution in [0.5, 0.6) is 0 Å². The Hall–Kier alpha value is -2.29. The summed E-state index contributed by atoms with van der Waals surface area (Å²) in [5, 5.41) is 8.45. The molecule has 1 N–H and O–H groups in total. The minimum Gasteiger partial charge on any atom is -0.450 e. The van der Waals surface area contributed by atoms with E-state index in [0.29, 0.717) is 12.5 Å². The summed E-state index contributed by atoms with van der Waals surface area (Å²) in [4.78, 5) is 10.3. The van der Waals surface area contributed by atoms with Crippen molar-refractivity contribution < 1.29 is 14.6 Å². The van der Waals surface area contributed by atoms with E-state index in [-0.39, 0.29) is 0 Å². The van der Waals surface area contributed by atoms with Crippen LogP contribution in [0.25, 0.3) is 0 Å². The summed E-state index contributed by atoms with van der Waals surface area (Å²) in [6.45, 7) is 2.53. The smallest absolute Gasteiger partial charge is 0.450 e. The zero-order valence-corrected chi connectivity index (χ0v) is 15.7. The minimum absolute atomic E-state index is 0.311. The first-order valence-electron chi connectivity index (χ1n) is 9.70. The van der Waals surface area contributed by atoms with Gasteiger partial charge in [-0.25, -0.2) is 4.79 Å². The van der Waals surface area contributed by atoms with E-state index in [4.69, 9.17) is 5.11 Å². The second-order valence-corrected chi connectivity index (χ2v) is 6.69. The van der Waals surface area contributed by atoms with Crippen LogP contribution in [0.3, 0.4) is 0 Å². The molecular formula is C23H30O3. The third-order valence-electron chi connectivity index (χ3n) is 4.88. The summed E-state index contributed by atoms with van der Waals surface area (Å²) in [5.41, 5.74) is 4.28. The molecule has 0 saturated heterocycles. The Morgan fingerprint density at radius 2 is 1.58 bits per heavy atom. The molecule has 0 aliphatic carbocycles. The van der Waals surface area contributed by atoms with Crippen molar-refractivity contribution in [3.8, 4) is 0 Å². The Labute approximate surface area is 157 Å². The largest absolute Gasteiger partial charge is 0.505 e. The molecule has 3 heteroatoms. The predicted molar refractivity (Wildman–Crippen MR) is 106 cm³/mol. The molecule has 0 heterocycles. The lowest BCUT2D eigenvalue weighted by Gasteiger charge is -2.21. The minimum atomic E-state index is -1.18. The first kappa shape index (κ1) is 20.0. The van der Waals surface area contributed by atoms with E-state index in [1.54, 1.807) is 0 Å². The van der Waals surface area contributed by atoms with Crippen molar-refractivity contribution in [1.82, 2.24) is 0 Å². The maximum Gasteiger partial charge on any atom is 0.505 e. The van der Waals surface area contributed by atoms with Gasteiger partial charge in [0.15, 0.2) is 0 Å². The highest BCUT2D eigenvalue weighted by Gasteiger charge is 2.16. The number of ether oxygens (including phenoxy) is 1. The van der Waals surface area contributed by atoms with Crippen LogP contribution >= 0.6 is 0 Å². The fourth-order valence-electron chi connectivity index (χ4n) is 3.52. The van der Waals surface area contributed by atoms with Gasteiger partial charge in [-0.2, -0.15) is 0 Å². The summed E-state index contributed by atoms with van der Waals surface area (Å²) < 4.78 is 4.54. The normalized spacial score (nSPS) is 11.9. The summed E-state index contributed by atoms with van der Waals surface area (Å²) in [7, 11) is 0.